The van der Waals surface area contributed by atoms with E-state index in [2.05, 4.69) is 21.3 Å². The summed E-state index contributed by atoms with van der Waals surface area (Å²) < 4.78 is 22.1. The number of rotatable bonds is 6. The van der Waals surface area contributed by atoms with E-state index in [4.69, 9.17) is 24.7 Å². The zero-order valence-corrected chi connectivity index (χ0v) is 32.5. The predicted molar refractivity (Wildman–Crippen MR) is 197 cm³/mol. The van der Waals surface area contributed by atoms with E-state index >= 15 is 0 Å². The van der Waals surface area contributed by atoms with E-state index in [-0.39, 0.29) is 24.2 Å². The van der Waals surface area contributed by atoms with Crippen molar-refractivity contribution < 1.29 is 38.1 Å². The fourth-order valence-electron chi connectivity index (χ4n) is 5.92. The van der Waals surface area contributed by atoms with Crippen LogP contribution in [-0.4, -0.2) is 97.1 Å². The van der Waals surface area contributed by atoms with Crippen LogP contribution in [0.1, 0.15) is 95.9 Å². The molecule has 4 amide bonds. The van der Waals surface area contributed by atoms with Crippen LogP contribution in [0.5, 0.6) is 0 Å². The molecule has 2 aliphatic heterocycles. The van der Waals surface area contributed by atoms with Crippen LogP contribution in [0.15, 0.2) is 18.2 Å². The summed E-state index contributed by atoms with van der Waals surface area (Å²) in [4.78, 5) is 55.3. The minimum absolute atomic E-state index is 0.377. The molecule has 0 spiro atoms. The molecule has 2 saturated heterocycles. The van der Waals surface area contributed by atoms with Crippen LogP contribution in [-0.2, 0) is 18.9 Å². The van der Waals surface area contributed by atoms with Gasteiger partial charge in [-0.25, -0.2) is 19.2 Å². The molecule has 0 radical (unpaired) electrons. The molecule has 0 bridgehead atoms. The number of nitrogen functional groups attached to an aromatic ring is 1. The molecule has 1 aromatic rings. The van der Waals surface area contributed by atoms with E-state index in [1.165, 1.54) is 0 Å². The second-order valence-electron chi connectivity index (χ2n) is 17.4. The minimum atomic E-state index is -0.684. The number of alkyl carbamates (subject to hydrolysis) is 4. The van der Waals surface area contributed by atoms with Gasteiger partial charge in [-0.15, -0.1) is 0 Å². The van der Waals surface area contributed by atoms with Crippen molar-refractivity contribution in [1.29, 1.82) is 0 Å². The summed E-state index contributed by atoms with van der Waals surface area (Å²) in [6.45, 7) is 23.2. The lowest BCUT2D eigenvalue weighted by atomic mass is 9.98. The van der Waals surface area contributed by atoms with Crippen LogP contribution >= 0.6 is 0 Å². The molecule has 0 saturated carbocycles. The second-order valence-corrected chi connectivity index (χ2v) is 17.4. The molecule has 2 heterocycles. The lowest BCUT2D eigenvalue weighted by Crippen LogP contribution is -2.58. The van der Waals surface area contributed by atoms with Crippen molar-refractivity contribution in [2.45, 2.75) is 142 Å². The molecule has 4 atom stereocenters. The van der Waals surface area contributed by atoms with Gasteiger partial charge in [-0.1, -0.05) is 0 Å². The number of carbonyl (C=O) groups is 4. The Morgan fingerprint density at radius 1 is 0.510 bits per heavy atom. The Labute approximate surface area is 303 Å². The Kier molecular flexibility index (Phi) is 12.8. The van der Waals surface area contributed by atoms with E-state index in [0.717, 1.165) is 11.4 Å². The summed E-state index contributed by atoms with van der Waals surface area (Å²) in [7, 11) is 0. The Morgan fingerprint density at radius 3 is 0.961 bits per heavy atom. The van der Waals surface area contributed by atoms with Crippen molar-refractivity contribution in [3.8, 4) is 0 Å². The maximum absolute atomic E-state index is 12.8. The third-order valence-electron chi connectivity index (χ3n) is 7.44. The highest BCUT2D eigenvalue weighted by Crippen LogP contribution is 2.31. The Hall–Kier alpha value is -4.30. The molecular formula is C36H61N7O8. The highest BCUT2D eigenvalue weighted by atomic mass is 16.6. The summed E-state index contributed by atoms with van der Waals surface area (Å²) in [5, 5.41) is 11.8. The zero-order valence-electron chi connectivity index (χ0n) is 32.5. The van der Waals surface area contributed by atoms with Crippen molar-refractivity contribution in [3.05, 3.63) is 18.2 Å². The number of nitrogens with zero attached hydrogens (tertiary/aromatic N) is 2. The third-order valence-corrected chi connectivity index (χ3v) is 7.44. The molecule has 2 fully saturated rings. The molecular weight excluding hydrogens is 658 g/mol. The van der Waals surface area contributed by atoms with Crippen molar-refractivity contribution in [2.24, 2.45) is 0 Å². The van der Waals surface area contributed by atoms with E-state index < -0.39 is 46.8 Å². The van der Waals surface area contributed by atoms with Crippen LogP contribution in [0.4, 0.5) is 36.2 Å². The normalized spacial score (nSPS) is 21.6. The minimum Gasteiger partial charge on any atom is -0.444 e. The summed E-state index contributed by atoms with van der Waals surface area (Å²) in [6.07, 6.45) is -1.32. The van der Waals surface area contributed by atoms with Gasteiger partial charge in [-0.05, 0) is 114 Å². The number of nitrogens with two attached hydrogens (primary N) is 1. The number of piperidine rings is 2. The second kappa shape index (κ2) is 15.9. The van der Waals surface area contributed by atoms with Gasteiger partial charge in [-0.3, -0.25) is 0 Å². The molecule has 2 aliphatic rings. The van der Waals surface area contributed by atoms with Crippen LogP contribution in [0, 0.1) is 0 Å². The quantitative estimate of drug-likeness (QED) is 0.191. The van der Waals surface area contributed by atoms with Crippen molar-refractivity contribution in [1.82, 2.24) is 21.3 Å². The molecule has 15 nitrogen and oxygen atoms in total. The molecule has 15 heteroatoms. The third kappa shape index (κ3) is 15.2. The SMILES string of the molecule is CC(C)(C)OC(=O)NC1CC(NC(=O)OC(C)(C)C)CN(c2cc(N)cc(N3CC(NC(=O)OC(C)(C)C)CC(NC(=O)OC(C)(C)C)C3)c2)C1. The summed E-state index contributed by atoms with van der Waals surface area (Å²) >= 11 is 0. The molecule has 0 aliphatic carbocycles. The topological polar surface area (TPSA) is 186 Å². The van der Waals surface area contributed by atoms with E-state index in [1.54, 1.807) is 83.1 Å². The smallest absolute Gasteiger partial charge is 0.407 e. The number of carbonyl (C=O) groups excluding carboxylic acids is 4. The first-order valence-corrected chi connectivity index (χ1v) is 17.6. The number of anilines is 3. The number of hydrogen-bond acceptors (Lipinski definition) is 11. The lowest BCUT2D eigenvalue weighted by molar-refractivity contribution is 0.0452. The van der Waals surface area contributed by atoms with E-state index in [9.17, 15) is 19.2 Å². The first-order chi connectivity index (χ1) is 23.2. The van der Waals surface area contributed by atoms with Crippen LogP contribution in [0.25, 0.3) is 0 Å². The Morgan fingerprint density at radius 2 is 0.745 bits per heavy atom. The molecule has 1 aromatic carbocycles. The maximum Gasteiger partial charge on any atom is 0.407 e. The van der Waals surface area contributed by atoms with Gasteiger partial charge in [0, 0.05) is 43.2 Å². The molecule has 3 rings (SSSR count). The highest BCUT2D eigenvalue weighted by molar-refractivity contribution is 5.72. The number of benzene rings is 1. The molecule has 6 N–H and O–H groups in total. The molecule has 0 aromatic heterocycles. The van der Waals surface area contributed by atoms with Crippen molar-refractivity contribution >= 4 is 41.4 Å². The number of amides is 4. The average Bonchev–Trinajstić information content (AvgIpc) is 2.87. The van der Waals surface area contributed by atoms with Crippen LogP contribution in [0.3, 0.4) is 0 Å². The van der Waals surface area contributed by atoms with Gasteiger partial charge in [-0.2, -0.15) is 0 Å². The Balaban J connectivity index is 1.91. The lowest BCUT2D eigenvalue weighted by Gasteiger charge is -2.42. The average molecular weight is 720 g/mol. The highest BCUT2D eigenvalue weighted by Gasteiger charge is 2.35. The van der Waals surface area contributed by atoms with Gasteiger partial charge in [0.1, 0.15) is 22.4 Å². The maximum atomic E-state index is 12.8. The predicted octanol–water partition coefficient (Wildman–Crippen LogP) is 5.26. The number of nitrogens with one attached hydrogen (secondary N) is 4. The fraction of sp³-hybridized carbons (Fsp3) is 0.722. The summed E-state index contributed by atoms with van der Waals surface area (Å²) in [5.74, 6) is 0. The first-order valence-electron chi connectivity index (χ1n) is 17.6. The van der Waals surface area contributed by atoms with Gasteiger partial charge in [0.2, 0.25) is 0 Å². The standard InChI is InChI=1S/C36H61N7O8/c1-33(2,3)48-29(44)38-23-15-24(39-30(45)49-34(4,5)6)19-42(18-23)27-13-22(37)14-28(17-27)43-20-25(40-31(46)50-35(7,8)9)16-26(21-43)41-32(47)51-36(10,11)12/h13-14,17,23-26H,15-16,18-21,37H2,1-12H3,(H,38,44)(H,39,45)(H,40,46)(H,41,47). The van der Waals surface area contributed by atoms with Crippen LogP contribution in [0.2, 0.25) is 0 Å². The van der Waals surface area contributed by atoms with Gasteiger partial charge in [0.15, 0.2) is 0 Å². The molecule has 4 unspecified atom stereocenters. The summed E-state index contributed by atoms with van der Waals surface area (Å²) in [6, 6.07) is 4.13. The van der Waals surface area contributed by atoms with Crippen molar-refractivity contribution in [3.63, 3.8) is 0 Å². The van der Waals surface area contributed by atoms with Crippen molar-refractivity contribution in [2.75, 3.05) is 41.7 Å². The monoisotopic (exact) mass is 719 g/mol. The molecule has 288 valence electrons. The van der Waals surface area contributed by atoms with Gasteiger partial charge >= 0.3 is 24.4 Å². The Bertz CT molecular complexity index is 1220. The fourth-order valence-corrected chi connectivity index (χ4v) is 5.92. The zero-order chi connectivity index (χ0) is 38.5. The summed E-state index contributed by atoms with van der Waals surface area (Å²) in [5.41, 5.74) is 5.77. The van der Waals surface area contributed by atoms with E-state index in [0.29, 0.717) is 44.7 Å². The van der Waals surface area contributed by atoms with Gasteiger partial charge in [0.05, 0.1) is 24.2 Å². The van der Waals surface area contributed by atoms with E-state index in [1.807, 2.05) is 28.0 Å². The number of hydrogen-bond donors (Lipinski definition) is 5. The number of ether oxygens (including phenoxy) is 4. The molecule has 51 heavy (non-hydrogen) atoms. The largest absolute Gasteiger partial charge is 0.444 e. The van der Waals surface area contributed by atoms with Gasteiger partial charge in [0.25, 0.3) is 0 Å². The van der Waals surface area contributed by atoms with Gasteiger partial charge < -0.3 is 55.7 Å². The van der Waals surface area contributed by atoms with Crippen LogP contribution < -0.4 is 36.8 Å². The first kappa shape index (κ1) is 41.1.